The van der Waals surface area contributed by atoms with E-state index >= 15 is 0 Å². The quantitative estimate of drug-likeness (QED) is 0.806. The number of hydrogen-bond acceptors (Lipinski definition) is 5. The first-order chi connectivity index (χ1) is 10.8. The molecule has 0 spiro atoms. The minimum Gasteiger partial charge on any atom is -0.380 e. The summed E-state index contributed by atoms with van der Waals surface area (Å²) in [6.45, 7) is 5.97. The molecule has 2 saturated heterocycles. The molecule has 1 aromatic rings. The zero-order chi connectivity index (χ0) is 14.8. The van der Waals surface area contributed by atoms with E-state index in [4.69, 9.17) is 9.47 Å². The number of hydrogen-bond donors (Lipinski definition) is 0. The Bertz CT molecular complexity index is 477. The lowest BCUT2D eigenvalue weighted by Gasteiger charge is -2.50. The van der Waals surface area contributed by atoms with Crippen molar-refractivity contribution in [3.05, 3.63) is 16.6 Å². The summed E-state index contributed by atoms with van der Waals surface area (Å²) >= 11 is 1.76. The number of thiazole rings is 1. The van der Waals surface area contributed by atoms with Gasteiger partial charge < -0.3 is 9.47 Å². The average molecular weight is 322 g/mol. The molecule has 3 fully saturated rings. The Hall–Kier alpha value is -0.490. The monoisotopic (exact) mass is 322 g/mol. The van der Waals surface area contributed by atoms with Gasteiger partial charge in [0, 0.05) is 43.3 Å². The van der Waals surface area contributed by atoms with Crippen LogP contribution < -0.4 is 0 Å². The summed E-state index contributed by atoms with van der Waals surface area (Å²) in [6.07, 6.45) is 8.59. The third-order valence-electron chi connectivity index (χ3n) is 5.35. The van der Waals surface area contributed by atoms with Crippen LogP contribution in [0.4, 0.5) is 0 Å². The molecule has 2 unspecified atom stereocenters. The Morgan fingerprint density at radius 1 is 1.41 bits per heavy atom. The van der Waals surface area contributed by atoms with Crippen molar-refractivity contribution >= 4 is 11.3 Å². The maximum atomic E-state index is 6.12. The molecular formula is C17H26N2O2S. The largest absolute Gasteiger partial charge is 0.380 e. The fourth-order valence-corrected chi connectivity index (χ4v) is 4.62. The fraction of sp³-hybridized carbons (Fsp3) is 0.824. The van der Waals surface area contributed by atoms with Gasteiger partial charge in [-0.2, -0.15) is 0 Å². The molecule has 0 amide bonds. The van der Waals surface area contributed by atoms with E-state index in [9.17, 15) is 0 Å². The van der Waals surface area contributed by atoms with E-state index in [0.29, 0.717) is 6.10 Å². The van der Waals surface area contributed by atoms with Crippen LogP contribution in [0.3, 0.4) is 0 Å². The van der Waals surface area contributed by atoms with E-state index in [1.54, 1.807) is 11.3 Å². The summed E-state index contributed by atoms with van der Waals surface area (Å²) in [5, 5.41) is 3.30. The molecule has 0 bridgehead atoms. The molecular weight excluding hydrogens is 296 g/mol. The van der Waals surface area contributed by atoms with Crippen LogP contribution in [-0.2, 0) is 16.0 Å². The van der Waals surface area contributed by atoms with Crippen molar-refractivity contribution in [3.63, 3.8) is 0 Å². The zero-order valence-corrected chi connectivity index (χ0v) is 14.0. The van der Waals surface area contributed by atoms with E-state index in [2.05, 4.69) is 15.3 Å². The van der Waals surface area contributed by atoms with Crippen LogP contribution in [0.2, 0.25) is 0 Å². The van der Waals surface area contributed by atoms with Gasteiger partial charge in [0.25, 0.3) is 0 Å². The minimum atomic E-state index is 0.211. The topological polar surface area (TPSA) is 34.6 Å². The van der Waals surface area contributed by atoms with Gasteiger partial charge in [0.05, 0.1) is 19.3 Å². The third-order valence-corrected chi connectivity index (χ3v) is 6.11. The van der Waals surface area contributed by atoms with Gasteiger partial charge >= 0.3 is 0 Å². The van der Waals surface area contributed by atoms with E-state index in [1.807, 2.05) is 6.20 Å². The van der Waals surface area contributed by atoms with E-state index in [1.165, 1.54) is 30.7 Å². The second-order valence-electron chi connectivity index (χ2n) is 7.21. The van der Waals surface area contributed by atoms with Crippen molar-refractivity contribution in [2.24, 2.45) is 11.3 Å². The minimum absolute atomic E-state index is 0.211. The Morgan fingerprint density at radius 2 is 2.36 bits per heavy atom. The normalized spacial score (nSPS) is 32.8. The molecule has 122 valence electrons. The van der Waals surface area contributed by atoms with Gasteiger partial charge in [-0.1, -0.05) is 0 Å². The van der Waals surface area contributed by atoms with Crippen molar-refractivity contribution in [2.45, 2.75) is 44.8 Å². The van der Waals surface area contributed by atoms with Gasteiger partial charge in [-0.25, -0.2) is 4.98 Å². The van der Waals surface area contributed by atoms with Crippen LogP contribution in [0, 0.1) is 11.3 Å². The Labute approximate surface area is 136 Å². The highest BCUT2D eigenvalue weighted by molar-refractivity contribution is 7.09. The smallest absolute Gasteiger partial charge is 0.107 e. The molecule has 0 radical (unpaired) electrons. The first kappa shape index (κ1) is 15.1. The second-order valence-corrected chi connectivity index (χ2v) is 8.19. The maximum absolute atomic E-state index is 6.12. The van der Waals surface area contributed by atoms with Gasteiger partial charge in [0.15, 0.2) is 0 Å². The third kappa shape index (κ3) is 3.37. The first-order valence-electron chi connectivity index (χ1n) is 8.64. The van der Waals surface area contributed by atoms with Gasteiger partial charge in [-0.3, -0.25) is 4.90 Å². The predicted molar refractivity (Wildman–Crippen MR) is 87.0 cm³/mol. The van der Waals surface area contributed by atoms with Crippen LogP contribution in [0.5, 0.6) is 0 Å². The molecule has 1 saturated carbocycles. The molecule has 1 aliphatic carbocycles. The van der Waals surface area contributed by atoms with Gasteiger partial charge in [0.1, 0.15) is 5.01 Å². The summed E-state index contributed by atoms with van der Waals surface area (Å²) in [7, 11) is 0. The Balaban J connectivity index is 1.40. The number of likely N-dealkylation sites (tertiary alicyclic amines) is 1. The summed E-state index contributed by atoms with van der Waals surface area (Å²) in [5.41, 5.74) is 0.211. The number of ether oxygens (including phenoxy) is 2. The molecule has 0 aromatic carbocycles. The zero-order valence-electron chi connectivity index (χ0n) is 13.2. The number of rotatable bonds is 6. The molecule has 2 atom stereocenters. The maximum Gasteiger partial charge on any atom is 0.107 e. The number of fused-ring (bicyclic) bond motifs is 1. The lowest BCUT2D eigenvalue weighted by molar-refractivity contribution is -0.154. The SMILES string of the molecule is c1csc(CN2CCC3OCCCC3(COCC3CC3)C2)n1. The lowest BCUT2D eigenvalue weighted by Crippen LogP contribution is -2.56. The number of piperidine rings is 1. The molecule has 3 heterocycles. The van der Waals surface area contributed by atoms with E-state index in [-0.39, 0.29) is 5.41 Å². The van der Waals surface area contributed by atoms with Gasteiger partial charge in [-0.05, 0) is 38.0 Å². The van der Waals surface area contributed by atoms with Crippen molar-refractivity contribution in [1.29, 1.82) is 0 Å². The highest BCUT2D eigenvalue weighted by Gasteiger charge is 2.46. The Morgan fingerprint density at radius 3 is 3.18 bits per heavy atom. The van der Waals surface area contributed by atoms with Crippen molar-refractivity contribution in [2.75, 3.05) is 32.9 Å². The fourth-order valence-electron chi connectivity index (χ4n) is 3.96. The van der Waals surface area contributed by atoms with Crippen LogP contribution >= 0.6 is 11.3 Å². The van der Waals surface area contributed by atoms with Crippen LogP contribution in [0.15, 0.2) is 11.6 Å². The molecule has 5 heteroatoms. The standard InChI is InChI=1S/C17H26N2O2S/c1-5-17(13-20-11-14-2-3-14)12-19(7-4-15(17)21-8-1)10-16-18-6-9-22-16/h6,9,14-15H,1-5,7-8,10-13H2. The molecule has 4 rings (SSSR count). The van der Waals surface area contributed by atoms with E-state index in [0.717, 1.165) is 51.8 Å². The molecule has 1 aromatic heterocycles. The molecule has 0 N–H and O–H groups in total. The van der Waals surface area contributed by atoms with Crippen molar-refractivity contribution in [1.82, 2.24) is 9.88 Å². The van der Waals surface area contributed by atoms with Gasteiger partial charge in [-0.15, -0.1) is 11.3 Å². The van der Waals surface area contributed by atoms with Gasteiger partial charge in [0.2, 0.25) is 0 Å². The molecule has 2 aliphatic heterocycles. The van der Waals surface area contributed by atoms with Crippen LogP contribution in [0.1, 0.15) is 37.1 Å². The summed E-state index contributed by atoms with van der Waals surface area (Å²) < 4.78 is 12.2. The number of nitrogens with zero attached hydrogens (tertiary/aromatic N) is 2. The number of aromatic nitrogens is 1. The molecule has 3 aliphatic rings. The highest BCUT2D eigenvalue weighted by atomic mass is 32.1. The summed E-state index contributed by atoms with van der Waals surface area (Å²) in [6, 6.07) is 0. The summed E-state index contributed by atoms with van der Waals surface area (Å²) in [5.74, 6) is 0.842. The lowest BCUT2D eigenvalue weighted by atomic mass is 9.73. The van der Waals surface area contributed by atoms with Crippen molar-refractivity contribution in [3.8, 4) is 0 Å². The highest BCUT2D eigenvalue weighted by Crippen LogP contribution is 2.41. The second kappa shape index (κ2) is 6.56. The van der Waals surface area contributed by atoms with E-state index < -0.39 is 0 Å². The predicted octanol–water partition coefficient (Wildman–Crippen LogP) is 2.94. The van der Waals surface area contributed by atoms with Crippen molar-refractivity contribution < 1.29 is 9.47 Å². The average Bonchev–Trinajstić information content (AvgIpc) is 3.22. The molecule has 4 nitrogen and oxygen atoms in total. The summed E-state index contributed by atoms with van der Waals surface area (Å²) in [4.78, 5) is 7.01. The Kier molecular flexibility index (Phi) is 4.49. The van der Waals surface area contributed by atoms with Crippen LogP contribution in [-0.4, -0.2) is 48.9 Å². The molecule has 22 heavy (non-hydrogen) atoms. The van der Waals surface area contributed by atoms with Crippen LogP contribution in [0.25, 0.3) is 0 Å². The first-order valence-corrected chi connectivity index (χ1v) is 9.52.